The first-order valence-corrected chi connectivity index (χ1v) is 12.5. The van der Waals surface area contributed by atoms with E-state index in [4.69, 9.17) is 17.2 Å². The minimum atomic E-state index is -3.32. The molecule has 0 aromatic rings. The third-order valence-corrected chi connectivity index (χ3v) is 5.71. The number of hydrogen-bond donors (Lipinski definition) is 7. The zero-order valence-electron chi connectivity index (χ0n) is 20.9. The first-order valence-electron chi connectivity index (χ1n) is 11.4. The Morgan fingerprint density at radius 3 is 2.08 bits per heavy atom. The maximum atomic E-state index is 12.9. The molecule has 10 N–H and O–H groups in total. The van der Waals surface area contributed by atoms with E-state index >= 15 is 0 Å². The van der Waals surface area contributed by atoms with Gasteiger partial charge in [-0.05, 0) is 29.2 Å². The van der Waals surface area contributed by atoms with Crippen molar-refractivity contribution in [2.24, 2.45) is 34.0 Å². The summed E-state index contributed by atoms with van der Waals surface area (Å²) in [5, 5.41) is 16.6. The average Bonchev–Trinajstić information content (AvgIpc) is 2.79. The molecule has 0 heterocycles. The Morgan fingerprint density at radius 1 is 1.03 bits per heavy atom. The second kappa shape index (κ2) is 16.7. The zero-order chi connectivity index (χ0) is 28.0. The van der Waals surface area contributed by atoms with Crippen molar-refractivity contribution in [3.8, 4) is 0 Å². The Bertz CT molecular complexity index is 807. The van der Waals surface area contributed by atoms with Crippen LogP contribution in [0, 0.1) is 11.8 Å². The molecule has 0 aliphatic carbocycles. The van der Waals surface area contributed by atoms with Gasteiger partial charge in [0.25, 0.3) is 0 Å². The zero-order valence-corrected chi connectivity index (χ0v) is 21.8. The van der Waals surface area contributed by atoms with Crippen molar-refractivity contribution in [2.45, 2.75) is 71.1 Å². The number of carbonyl (C=O) groups is 4. The Kier molecular flexibility index (Phi) is 15.4. The van der Waals surface area contributed by atoms with Gasteiger partial charge in [0.15, 0.2) is 5.96 Å². The smallest absolute Gasteiger partial charge is 0.488 e. The summed E-state index contributed by atoms with van der Waals surface area (Å²) in [4.78, 5) is 64.4. The second-order valence-electron chi connectivity index (χ2n) is 8.57. The monoisotopic (exact) mass is 535 g/mol. The van der Waals surface area contributed by atoms with Gasteiger partial charge in [0, 0.05) is 6.54 Å². The normalized spacial score (nSPS) is 15.6. The van der Waals surface area contributed by atoms with Crippen LogP contribution in [-0.2, 0) is 28.3 Å². The molecule has 1 unspecified atom stereocenters. The van der Waals surface area contributed by atoms with E-state index in [1.807, 2.05) is 6.92 Å². The van der Waals surface area contributed by atoms with Gasteiger partial charge in [-0.2, -0.15) is 0 Å². The van der Waals surface area contributed by atoms with Gasteiger partial charge in [-0.1, -0.05) is 34.1 Å². The third kappa shape index (κ3) is 12.7. The lowest BCUT2D eigenvalue weighted by Crippen LogP contribution is -2.59. The number of rotatable bonds is 17. The second-order valence-corrected chi connectivity index (χ2v) is 9.28. The first-order chi connectivity index (χ1) is 16.7. The van der Waals surface area contributed by atoms with Crippen LogP contribution < -0.4 is 38.0 Å². The van der Waals surface area contributed by atoms with E-state index in [1.165, 1.54) is 0 Å². The van der Waals surface area contributed by atoms with Gasteiger partial charge < -0.3 is 43.2 Å². The predicted octanol–water partition coefficient (Wildman–Crippen LogP) is -2.36. The van der Waals surface area contributed by atoms with E-state index in [0.29, 0.717) is 6.42 Å². The van der Waals surface area contributed by atoms with Crippen LogP contribution in [0.25, 0.3) is 0 Å². The fourth-order valence-corrected chi connectivity index (χ4v) is 3.18. The maximum Gasteiger partial charge on any atom is 0.488 e. The Balaban J connectivity index is 5.47. The van der Waals surface area contributed by atoms with Crippen LogP contribution in [0.2, 0.25) is 0 Å². The highest BCUT2D eigenvalue weighted by Gasteiger charge is 2.33. The molecule has 0 saturated carbocycles. The van der Waals surface area contributed by atoms with Crippen LogP contribution in [0.1, 0.15) is 47.0 Å². The van der Waals surface area contributed by atoms with Crippen LogP contribution >= 0.6 is 8.25 Å². The first kappa shape index (κ1) is 33.1. The Labute approximate surface area is 210 Å². The highest BCUT2D eigenvalue weighted by Crippen LogP contribution is 2.11. The molecule has 36 heavy (non-hydrogen) atoms. The highest BCUT2D eigenvalue weighted by molar-refractivity contribution is 7.30. The van der Waals surface area contributed by atoms with E-state index in [2.05, 4.69) is 25.5 Å². The summed E-state index contributed by atoms with van der Waals surface area (Å²) >= 11 is 0. The van der Waals surface area contributed by atoms with Crippen LogP contribution in [0.4, 0.5) is 0 Å². The summed E-state index contributed by atoms with van der Waals surface area (Å²) in [6.45, 7) is 6.21. The van der Waals surface area contributed by atoms with E-state index in [-0.39, 0.29) is 31.3 Å². The van der Waals surface area contributed by atoms with Crippen molar-refractivity contribution in [3.63, 3.8) is 0 Å². The molecule has 0 saturated heterocycles. The number of hydrogen-bond acceptors (Lipinski definition) is 9. The molecule has 0 radical (unpaired) electrons. The number of amides is 3. The molecule has 0 aliphatic heterocycles. The van der Waals surface area contributed by atoms with E-state index in [0.717, 1.165) is 0 Å². The van der Waals surface area contributed by atoms with Gasteiger partial charge in [-0.3, -0.25) is 19.4 Å². The summed E-state index contributed by atoms with van der Waals surface area (Å²) in [5.74, 6) is -4.56. The molecule has 3 amide bonds. The quantitative estimate of drug-likeness (QED) is 0.0448. The van der Waals surface area contributed by atoms with Gasteiger partial charge in [-0.25, -0.2) is 4.79 Å². The third-order valence-electron chi connectivity index (χ3n) is 5.35. The lowest BCUT2D eigenvalue weighted by Gasteiger charge is -2.27. The largest absolute Gasteiger partial charge is 0.566 e. The number of carboxylic acid groups (broad SMARTS) is 1. The van der Waals surface area contributed by atoms with Crippen LogP contribution in [0.3, 0.4) is 0 Å². The predicted molar refractivity (Wildman–Crippen MR) is 129 cm³/mol. The van der Waals surface area contributed by atoms with Crippen molar-refractivity contribution in [1.82, 2.24) is 16.0 Å². The Hall–Kier alpha value is -2.87. The molecular formula is C20H38N7O8P. The minimum Gasteiger partial charge on any atom is -0.566 e. The molecule has 0 spiro atoms. The molecule has 0 rings (SSSR count). The van der Waals surface area contributed by atoms with Crippen LogP contribution in [-0.4, -0.2) is 72.1 Å². The lowest BCUT2D eigenvalue weighted by molar-refractivity contribution is -0.186. The summed E-state index contributed by atoms with van der Waals surface area (Å²) < 4.78 is 15.4. The number of nitrogens with two attached hydrogens (primary N) is 3. The van der Waals surface area contributed by atoms with Crippen molar-refractivity contribution < 1.29 is 38.3 Å². The highest BCUT2D eigenvalue weighted by atomic mass is 31.1. The summed E-state index contributed by atoms with van der Waals surface area (Å²) in [5.41, 5.74) is 16.3. The minimum absolute atomic E-state index is 0.0210. The van der Waals surface area contributed by atoms with Crippen molar-refractivity contribution in [3.05, 3.63) is 0 Å². The van der Waals surface area contributed by atoms with Crippen molar-refractivity contribution >= 4 is 37.9 Å². The molecule has 0 aromatic carbocycles. The molecular weight excluding hydrogens is 497 g/mol. The van der Waals surface area contributed by atoms with Gasteiger partial charge in [0.1, 0.15) is 24.7 Å². The van der Waals surface area contributed by atoms with Gasteiger partial charge >= 0.3 is 14.2 Å². The fourth-order valence-electron chi connectivity index (χ4n) is 2.91. The molecule has 0 aromatic heterocycles. The number of carbonyl (C=O) groups excluding carboxylic acids is 3. The molecule has 15 nitrogen and oxygen atoms in total. The lowest BCUT2D eigenvalue weighted by atomic mass is 9.99. The molecule has 0 bridgehead atoms. The maximum absolute atomic E-state index is 12.9. The Morgan fingerprint density at radius 2 is 1.61 bits per heavy atom. The topological polar surface area (TPSA) is 264 Å². The van der Waals surface area contributed by atoms with Crippen LogP contribution in [0.15, 0.2) is 4.99 Å². The average molecular weight is 536 g/mol. The van der Waals surface area contributed by atoms with Crippen molar-refractivity contribution in [2.75, 3.05) is 13.2 Å². The molecule has 6 atom stereocenters. The number of carboxylic acids is 1. The molecule has 16 heteroatoms. The summed E-state index contributed by atoms with van der Waals surface area (Å²) in [6.07, 6.45) is 0.872. The summed E-state index contributed by atoms with van der Waals surface area (Å²) in [7, 11) is -3.32. The van der Waals surface area contributed by atoms with Crippen molar-refractivity contribution in [1.29, 1.82) is 0 Å². The van der Waals surface area contributed by atoms with Gasteiger partial charge in [-0.15, -0.1) is 4.52 Å². The number of nitrogens with zero attached hydrogens (tertiary/aromatic N) is 1. The number of guanidine groups is 1. The molecule has 206 valence electrons. The number of aliphatic imine (C=N–C) groups is 1. The van der Waals surface area contributed by atoms with E-state index < -0.39 is 68.6 Å². The standard InChI is InChI=1S/C20H38N7O8P/c1-5-11(4)14(21)17(29)26-13(9-35-36(33)34)16(28)27-15(10(2)3)18(30)25-12(19(31)32)7-6-8-24-20(22)23/h10-15H,5-9,21H2,1-4H3,(H,25,30)(H,26,29)(H,27,28)(H,31,32)(H4,22,23,24)/t11-,12-,13-,14-,15-/m0/s1. The SMILES string of the molecule is CC[C@H](C)[C@H](N)C(=O)N[C@@H](CO[P+](=O)[O-])C(=O)N[C@H](C(=O)N[C@@H](CCCN=C(N)N)C(=O)O)C(C)C. The van der Waals surface area contributed by atoms with Gasteiger partial charge in [0.2, 0.25) is 17.7 Å². The summed E-state index contributed by atoms with van der Waals surface area (Å²) in [6, 6.07) is -4.93. The number of aliphatic carboxylic acids is 1. The molecule has 0 fully saturated rings. The number of nitrogens with one attached hydrogen (secondary N) is 3. The van der Waals surface area contributed by atoms with Gasteiger partial charge in [0.05, 0.1) is 6.04 Å². The van der Waals surface area contributed by atoms with Crippen LogP contribution in [0.5, 0.6) is 0 Å². The molecule has 0 aliphatic rings. The van der Waals surface area contributed by atoms with E-state index in [1.54, 1.807) is 20.8 Å². The fraction of sp³-hybridized carbons (Fsp3) is 0.750. The van der Waals surface area contributed by atoms with E-state index in [9.17, 15) is 33.7 Å².